The van der Waals surface area contributed by atoms with Gasteiger partial charge in [-0.3, -0.25) is 9.59 Å². The number of benzene rings is 1. The molecule has 0 aliphatic carbocycles. The summed E-state index contributed by atoms with van der Waals surface area (Å²) in [6, 6.07) is 4.01. The van der Waals surface area contributed by atoms with E-state index in [2.05, 4.69) is 10.6 Å². The molecule has 5 nitrogen and oxygen atoms in total. The van der Waals surface area contributed by atoms with E-state index >= 15 is 0 Å². The number of aromatic hydroxyl groups is 1. The second-order valence-corrected chi connectivity index (χ2v) is 4.54. The van der Waals surface area contributed by atoms with Crippen molar-refractivity contribution >= 4 is 29.1 Å². The van der Waals surface area contributed by atoms with E-state index in [1.807, 2.05) is 0 Å². The molecule has 0 radical (unpaired) electrons. The number of hydrogen-bond donors (Lipinski definition) is 3. The van der Waals surface area contributed by atoms with E-state index in [4.69, 9.17) is 11.6 Å². The molecule has 1 fully saturated rings. The van der Waals surface area contributed by atoms with E-state index in [0.717, 1.165) is 0 Å². The van der Waals surface area contributed by atoms with Crippen LogP contribution in [0.1, 0.15) is 19.3 Å². The number of rotatable bonds is 2. The zero-order valence-corrected chi connectivity index (χ0v) is 10.3. The number of carbonyl (C=O) groups is 2. The summed E-state index contributed by atoms with van der Waals surface area (Å²) in [6.07, 6.45) is 1.71. The van der Waals surface area contributed by atoms with Crippen LogP contribution in [0.15, 0.2) is 18.2 Å². The van der Waals surface area contributed by atoms with E-state index < -0.39 is 6.04 Å². The highest BCUT2D eigenvalue weighted by Crippen LogP contribution is 2.31. The van der Waals surface area contributed by atoms with E-state index in [9.17, 15) is 14.7 Å². The van der Waals surface area contributed by atoms with Gasteiger partial charge in [-0.25, -0.2) is 0 Å². The number of nitrogens with one attached hydrogen (secondary N) is 2. The number of phenolic OH excluding ortho intramolecular Hbond substituents is 1. The summed E-state index contributed by atoms with van der Waals surface area (Å²) in [7, 11) is 0. The Morgan fingerprint density at radius 1 is 1.50 bits per heavy atom. The molecule has 1 aromatic carbocycles. The molecule has 0 aromatic heterocycles. The van der Waals surface area contributed by atoms with Gasteiger partial charge in [0.25, 0.3) is 0 Å². The molecule has 18 heavy (non-hydrogen) atoms. The fourth-order valence-electron chi connectivity index (χ4n) is 1.85. The van der Waals surface area contributed by atoms with Crippen LogP contribution in [0, 0.1) is 0 Å². The molecular weight excluding hydrogens is 256 g/mol. The fraction of sp³-hybridized carbons (Fsp3) is 0.333. The van der Waals surface area contributed by atoms with Crippen LogP contribution in [0.2, 0.25) is 5.02 Å². The minimum Gasteiger partial charge on any atom is -0.506 e. The van der Waals surface area contributed by atoms with Crippen LogP contribution in [0.25, 0.3) is 0 Å². The van der Waals surface area contributed by atoms with Crippen LogP contribution in [-0.4, -0.2) is 23.0 Å². The van der Waals surface area contributed by atoms with Crippen molar-refractivity contribution in [1.82, 2.24) is 5.32 Å². The number of anilines is 1. The Balaban J connectivity index is 2.09. The summed E-state index contributed by atoms with van der Waals surface area (Å²) in [4.78, 5) is 23.1. The van der Waals surface area contributed by atoms with Crippen molar-refractivity contribution in [1.29, 1.82) is 0 Å². The molecule has 1 aromatic rings. The van der Waals surface area contributed by atoms with Crippen LogP contribution < -0.4 is 10.6 Å². The Morgan fingerprint density at radius 3 is 2.94 bits per heavy atom. The molecule has 1 atom stereocenters. The first-order chi connectivity index (χ1) is 8.58. The van der Waals surface area contributed by atoms with Gasteiger partial charge in [0, 0.05) is 6.42 Å². The van der Waals surface area contributed by atoms with Gasteiger partial charge in [-0.05, 0) is 25.0 Å². The molecule has 2 rings (SSSR count). The number of piperidine rings is 1. The lowest BCUT2D eigenvalue weighted by Gasteiger charge is -2.22. The molecule has 3 N–H and O–H groups in total. The molecule has 0 spiro atoms. The normalized spacial score (nSPS) is 19.2. The zero-order valence-electron chi connectivity index (χ0n) is 9.57. The number of hydrogen-bond acceptors (Lipinski definition) is 3. The first-order valence-electron chi connectivity index (χ1n) is 5.65. The Labute approximate surface area is 109 Å². The van der Waals surface area contributed by atoms with Crippen molar-refractivity contribution in [3.63, 3.8) is 0 Å². The Morgan fingerprint density at radius 2 is 2.28 bits per heavy atom. The third-order valence-electron chi connectivity index (χ3n) is 2.79. The predicted octanol–water partition coefficient (Wildman–Crippen LogP) is 1.65. The largest absolute Gasteiger partial charge is 0.506 e. The summed E-state index contributed by atoms with van der Waals surface area (Å²) >= 11 is 5.88. The molecule has 6 heteroatoms. The third-order valence-corrected chi connectivity index (χ3v) is 3.10. The van der Waals surface area contributed by atoms with Gasteiger partial charge in [0.1, 0.15) is 17.5 Å². The summed E-state index contributed by atoms with van der Waals surface area (Å²) < 4.78 is 0. The average Bonchev–Trinajstić information content (AvgIpc) is 2.34. The van der Waals surface area contributed by atoms with Gasteiger partial charge >= 0.3 is 0 Å². The molecule has 1 saturated heterocycles. The summed E-state index contributed by atoms with van der Waals surface area (Å²) in [5.74, 6) is -0.603. The van der Waals surface area contributed by atoms with Crippen LogP contribution >= 0.6 is 11.6 Å². The average molecular weight is 269 g/mol. The quantitative estimate of drug-likeness (QED) is 0.714. The predicted molar refractivity (Wildman–Crippen MR) is 67.5 cm³/mol. The zero-order chi connectivity index (χ0) is 13.1. The van der Waals surface area contributed by atoms with Crippen LogP contribution in [0.5, 0.6) is 5.75 Å². The first kappa shape index (κ1) is 12.7. The van der Waals surface area contributed by atoms with Crippen LogP contribution in [0.4, 0.5) is 5.69 Å². The minimum absolute atomic E-state index is 0.0991. The molecule has 2 amide bonds. The number of carbonyl (C=O) groups excluding carboxylic acids is 2. The Kier molecular flexibility index (Phi) is 3.72. The second-order valence-electron chi connectivity index (χ2n) is 4.14. The van der Waals surface area contributed by atoms with Crippen molar-refractivity contribution < 1.29 is 14.7 Å². The van der Waals surface area contributed by atoms with Crippen molar-refractivity contribution in [3.05, 3.63) is 23.2 Å². The smallest absolute Gasteiger partial charge is 0.247 e. The topological polar surface area (TPSA) is 78.4 Å². The molecule has 0 bridgehead atoms. The summed E-state index contributed by atoms with van der Waals surface area (Å²) in [5, 5.41) is 15.0. The number of phenols is 1. The lowest BCUT2D eigenvalue weighted by Crippen LogP contribution is -2.46. The van der Waals surface area contributed by atoms with Gasteiger partial charge in [-0.2, -0.15) is 0 Å². The SMILES string of the molecule is O=C1CCCC(C(=O)Nc2c(O)cccc2Cl)N1. The van der Waals surface area contributed by atoms with E-state index in [-0.39, 0.29) is 28.3 Å². The van der Waals surface area contributed by atoms with Gasteiger partial charge in [0.15, 0.2) is 0 Å². The maximum absolute atomic E-state index is 11.9. The van der Waals surface area contributed by atoms with Crippen molar-refractivity contribution in [2.75, 3.05) is 5.32 Å². The lowest BCUT2D eigenvalue weighted by atomic mass is 10.0. The van der Waals surface area contributed by atoms with E-state index in [0.29, 0.717) is 19.3 Å². The Hall–Kier alpha value is -1.75. The van der Waals surface area contributed by atoms with Crippen molar-refractivity contribution in [2.24, 2.45) is 0 Å². The Bertz CT molecular complexity index is 470. The highest BCUT2D eigenvalue weighted by atomic mass is 35.5. The summed E-state index contributed by atoms with van der Waals surface area (Å²) in [6.45, 7) is 0. The van der Waals surface area contributed by atoms with Crippen molar-refractivity contribution in [3.8, 4) is 5.75 Å². The van der Waals surface area contributed by atoms with Crippen molar-refractivity contribution in [2.45, 2.75) is 25.3 Å². The monoisotopic (exact) mass is 268 g/mol. The standard InChI is InChI=1S/C12H13ClN2O3/c13-7-3-1-5-9(16)11(7)15-12(18)8-4-2-6-10(17)14-8/h1,3,5,8,16H,2,4,6H2,(H,14,17)(H,15,18). The first-order valence-corrected chi connectivity index (χ1v) is 6.03. The lowest BCUT2D eigenvalue weighted by molar-refractivity contribution is -0.128. The molecule has 1 unspecified atom stereocenters. The summed E-state index contributed by atoms with van der Waals surface area (Å²) in [5.41, 5.74) is 0.170. The highest BCUT2D eigenvalue weighted by molar-refractivity contribution is 6.34. The number of halogens is 1. The van der Waals surface area contributed by atoms with Crippen LogP contribution in [-0.2, 0) is 9.59 Å². The maximum atomic E-state index is 11.9. The minimum atomic E-state index is -0.568. The van der Waals surface area contributed by atoms with Gasteiger partial charge in [-0.1, -0.05) is 17.7 Å². The number of para-hydroxylation sites is 1. The maximum Gasteiger partial charge on any atom is 0.247 e. The molecule has 1 aliphatic rings. The molecule has 1 aliphatic heterocycles. The second kappa shape index (κ2) is 5.27. The third kappa shape index (κ3) is 2.73. The molecule has 1 heterocycles. The molecule has 96 valence electrons. The molecular formula is C12H13ClN2O3. The van der Waals surface area contributed by atoms with Crippen LogP contribution in [0.3, 0.4) is 0 Å². The highest BCUT2D eigenvalue weighted by Gasteiger charge is 2.25. The molecule has 0 saturated carbocycles. The van der Waals surface area contributed by atoms with Gasteiger partial charge in [-0.15, -0.1) is 0 Å². The van der Waals surface area contributed by atoms with E-state index in [1.54, 1.807) is 12.1 Å². The van der Waals surface area contributed by atoms with E-state index in [1.165, 1.54) is 6.07 Å². The number of amides is 2. The fourth-order valence-corrected chi connectivity index (χ4v) is 2.07. The van der Waals surface area contributed by atoms with Gasteiger partial charge < -0.3 is 15.7 Å². The van der Waals surface area contributed by atoms with Gasteiger partial charge in [0.2, 0.25) is 11.8 Å². The van der Waals surface area contributed by atoms with Gasteiger partial charge in [0.05, 0.1) is 5.02 Å².